The van der Waals surface area contributed by atoms with Crippen LogP contribution in [-0.2, 0) is 9.59 Å². The molecule has 2 aliphatic rings. The van der Waals surface area contributed by atoms with Gasteiger partial charge in [0.2, 0.25) is 0 Å². The summed E-state index contributed by atoms with van der Waals surface area (Å²) in [7, 11) is 0. The van der Waals surface area contributed by atoms with Gasteiger partial charge in [-0.1, -0.05) is 54.8 Å². The van der Waals surface area contributed by atoms with Crippen LogP contribution in [-0.4, -0.2) is 41.6 Å². The van der Waals surface area contributed by atoms with Crippen LogP contribution in [0.2, 0.25) is 5.02 Å². The largest absolute Gasteiger partial charge is 0.507 e. The number of ether oxygens (including phenoxy) is 3. The molecule has 1 aromatic heterocycles. The highest BCUT2D eigenvalue weighted by Gasteiger charge is 2.48. The first kappa shape index (κ1) is 27.1. The lowest BCUT2D eigenvalue weighted by Gasteiger charge is -2.23. The van der Waals surface area contributed by atoms with Gasteiger partial charge in [0.15, 0.2) is 16.6 Å². The van der Waals surface area contributed by atoms with Crippen molar-refractivity contribution in [2.24, 2.45) is 0 Å². The van der Waals surface area contributed by atoms with Crippen LogP contribution < -0.4 is 19.1 Å². The Bertz CT molecular complexity index is 1670. The van der Waals surface area contributed by atoms with Gasteiger partial charge in [-0.15, -0.1) is 0 Å². The number of fused-ring (bicyclic) bond motifs is 2. The molecule has 0 saturated carbocycles. The number of aliphatic hydroxyl groups excluding tert-OH is 1. The number of aromatic nitrogens is 1. The van der Waals surface area contributed by atoms with Gasteiger partial charge in [0.05, 0.1) is 28.4 Å². The molecule has 210 valence electrons. The van der Waals surface area contributed by atoms with Gasteiger partial charge in [-0.25, -0.2) is 4.98 Å². The van der Waals surface area contributed by atoms with Crippen molar-refractivity contribution in [3.05, 3.63) is 82.4 Å². The van der Waals surface area contributed by atoms with Crippen LogP contribution in [0.5, 0.6) is 17.2 Å². The molecular weight excluding hydrogens is 564 g/mol. The van der Waals surface area contributed by atoms with Crippen LogP contribution in [0.25, 0.3) is 16.0 Å². The molecule has 0 radical (unpaired) electrons. The number of carbonyl (C=O) groups is 2. The Morgan fingerprint density at radius 2 is 1.83 bits per heavy atom. The Morgan fingerprint density at radius 3 is 2.61 bits per heavy atom. The minimum atomic E-state index is -0.923. The zero-order chi connectivity index (χ0) is 28.5. The third-order valence-electron chi connectivity index (χ3n) is 7.02. The number of benzene rings is 3. The number of hydrogen-bond acceptors (Lipinski definition) is 8. The number of halogens is 1. The van der Waals surface area contributed by atoms with E-state index in [1.54, 1.807) is 48.5 Å². The molecular formula is C31H27ClN2O6S. The zero-order valence-corrected chi connectivity index (χ0v) is 23.8. The van der Waals surface area contributed by atoms with E-state index in [0.717, 1.165) is 24.0 Å². The highest BCUT2D eigenvalue weighted by Crippen LogP contribution is 2.45. The molecule has 41 heavy (non-hydrogen) atoms. The Kier molecular flexibility index (Phi) is 7.55. The lowest BCUT2D eigenvalue weighted by atomic mass is 9.95. The van der Waals surface area contributed by atoms with E-state index in [9.17, 15) is 14.7 Å². The van der Waals surface area contributed by atoms with Crippen LogP contribution in [0.1, 0.15) is 43.4 Å². The monoisotopic (exact) mass is 590 g/mol. The smallest absolute Gasteiger partial charge is 0.301 e. The number of ketones is 1. The van der Waals surface area contributed by atoms with Gasteiger partial charge >= 0.3 is 5.91 Å². The van der Waals surface area contributed by atoms with E-state index in [2.05, 4.69) is 11.9 Å². The molecule has 1 atom stereocenters. The molecule has 1 saturated heterocycles. The van der Waals surface area contributed by atoms with Gasteiger partial charge in [-0.2, -0.15) is 0 Å². The number of carbonyl (C=O) groups excluding carboxylic acids is 2. The number of rotatable bonds is 8. The van der Waals surface area contributed by atoms with Crippen molar-refractivity contribution in [2.75, 3.05) is 24.7 Å². The van der Waals surface area contributed by atoms with Crippen molar-refractivity contribution >= 4 is 55.7 Å². The van der Waals surface area contributed by atoms with Gasteiger partial charge in [0.1, 0.15) is 24.7 Å². The fraction of sp³-hybridized carbons (Fsp3) is 0.258. The molecule has 1 amide bonds. The molecule has 10 heteroatoms. The maximum Gasteiger partial charge on any atom is 0.301 e. The third kappa shape index (κ3) is 5.23. The van der Waals surface area contributed by atoms with Gasteiger partial charge in [0, 0.05) is 10.6 Å². The molecule has 1 fully saturated rings. The topological polar surface area (TPSA) is 98.2 Å². The Morgan fingerprint density at radius 1 is 1.05 bits per heavy atom. The average Bonchev–Trinajstić information content (AvgIpc) is 3.52. The number of hydrogen-bond donors (Lipinski definition) is 1. The second-order valence-corrected chi connectivity index (χ2v) is 11.2. The van der Waals surface area contributed by atoms with Crippen molar-refractivity contribution in [1.82, 2.24) is 4.98 Å². The van der Waals surface area contributed by atoms with Gasteiger partial charge in [-0.3, -0.25) is 14.5 Å². The van der Waals surface area contributed by atoms with E-state index < -0.39 is 17.7 Å². The lowest BCUT2D eigenvalue weighted by molar-refractivity contribution is -0.132. The normalized spacial score (nSPS) is 17.8. The van der Waals surface area contributed by atoms with Crippen molar-refractivity contribution < 1.29 is 28.9 Å². The average molecular weight is 591 g/mol. The molecule has 6 rings (SSSR count). The summed E-state index contributed by atoms with van der Waals surface area (Å²) in [4.78, 5) is 33.2. The second kappa shape index (κ2) is 11.4. The highest BCUT2D eigenvalue weighted by atomic mass is 35.5. The molecule has 0 unspecified atom stereocenters. The number of thiazole rings is 1. The SMILES string of the molecule is CCCCCOc1ccc([C@H]2/C(=C(\O)c3ccc4c(c3)OCCO4)C(=O)C(=O)N2c2nc3ccc(Cl)cc3s2)cc1. The lowest BCUT2D eigenvalue weighted by Crippen LogP contribution is -2.29. The van der Waals surface area contributed by atoms with Crippen molar-refractivity contribution in [3.8, 4) is 17.2 Å². The number of amides is 1. The minimum Gasteiger partial charge on any atom is -0.507 e. The van der Waals surface area contributed by atoms with Crippen molar-refractivity contribution in [3.63, 3.8) is 0 Å². The summed E-state index contributed by atoms with van der Waals surface area (Å²) in [6, 6.07) is 16.5. The predicted octanol–water partition coefficient (Wildman–Crippen LogP) is 6.92. The van der Waals surface area contributed by atoms with Crippen molar-refractivity contribution in [2.45, 2.75) is 32.2 Å². The van der Waals surface area contributed by atoms with Gasteiger partial charge in [-0.05, 0) is 60.5 Å². The molecule has 3 aromatic carbocycles. The summed E-state index contributed by atoms with van der Waals surface area (Å²) in [6.07, 6.45) is 3.14. The predicted molar refractivity (Wildman–Crippen MR) is 158 cm³/mol. The van der Waals surface area contributed by atoms with Crippen LogP contribution in [0.15, 0.2) is 66.2 Å². The molecule has 0 spiro atoms. The quantitative estimate of drug-likeness (QED) is 0.103. The Balaban J connectivity index is 1.44. The second-order valence-electron chi connectivity index (χ2n) is 9.76. The highest BCUT2D eigenvalue weighted by molar-refractivity contribution is 7.22. The molecule has 0 aliphatic carbocycles. The van der Waals surface area contributed by atoms with Crippen molar-refractivity contribution in [1.29, 1.82) is 0 Å². The number of Topliss-reactive ketones (excluding diaryl/α,β-unsaturated/α-hetero) is 1. The van der Waals surface area contributed by atoms with Crippen LogP contribution >= 0.6 is 22.9 Å². The van der Waals surface area contributed by atoms with Crippen LogP contribution in [0.3, 0.4) is 0 Å². The Hall–Kier alpha value is -4.08. The van der Waals surface area contributed by atoms with E-state index in [1.165, 1.54) is 16.2 Å². The first-order chi connectivity index (χ1) is 19.9. The van der Waals surface area contributed by atoms with E-state index >= 15 is 0 Å². The maximum absolute atomic E-state index is 13.6. The molecule has 1 N–H and O–H groups in total. The molecule has 8 nitrogen and oxygen atoms in total. The van der Waals surface area contributed by atoms with E-state index in [1.807, 2.05) is 12.1 Å². The third-order valence-corrected chi connectivity index (χ3v) is 8.27. The molecule has 4 aromatic rings. The summed E-state index contributed by atoms with van der Waals surface area (Å²) < 4.78 is 17.9. The first-order valence-electron chi connectivity index (χ1n) is 13.4. The van der Waals surface area contributed by atoms with Gasteiger partial charge < -0.3 is 19.3 Å². The number of nitrogens with zero attached hydrogens (tertiary/aromatic N) is 2. The summed E-state index contributed by atoms with van der Waals surface area (Å²) in [6.45, 7) is 3.53. The first-order valence-corrected chi connectivity index (χ1v) is 14.6. The van der Waals surface area contributed by atoms with E-state index in [-0.39, 0.29) is 11.3 Å². The zero-order valence-electron chi connectivity index (χ0n) is 22.3. The van der Waals surface area contributed by atoms with E-state index in [0.29, 0.717) is 63.9 Å². The fourth-order valence-corrected chi connectivity index (χ4v) is 6.24. The summed E-state index contributed by atoms with van der Waals surface area (Å²) in [5, 5.41) is 12.4. The standard InChI is InChI=1S/C31H27ClN2O6S/c1-2-3-4-13-38-21-9-5-18(6-10-21)27-26(28(35)19-7-12-23-24(16-19)40-15-14-39-23)29(36)30(37)34(27)31-33-22-11-8-20(32)17-25(22)41-31/h5-12,16-17,27,35H,2-4,13-15H2,1H3/b28-26+/t27-/m0/s1. The summed E-state index contributed by atoms with van der Waals surface area (Å²) >= 11 is 7.44. The molecule has 3 heterocycles. The number of anilines is 1. The Labute approximate surface area is 245 Å². The maximum atomic E-state index is 13.6. The number of aliphatic hydroxyl groups is 1. The number of unbranched alkanes of at least 4 members (excludes halogenated alkanes) is 2. The minimum absolute atomic E-state index is 0.0411. The molecule has 2 aliphatic heterocycles. The summed E-state index contributed by atoms with van der Waals surface area (Å²) in [5.41, 5.74) is 1.57. The van der Waals surface area contributed by atoms with Crippen LogP contribution in [0.4, 0.5) is 5.13 Å². The molecule has 0 bridgehead atoms. The van der Waals surface area contributed by atoms with E-state index in [4.69, 9.17) is 25.8 Å². The van der Waals surface area contributed by atoms with Crippen LogP contribution in [0, 0.1) is 0 Å². The van der Waals surface area contributed by atoms with Gasteiger partial charge in [0.25, 0.3) is 5.78 Å². The fourth-order valence-electron chi connectivity index (χ4n) is 4.97. The summed E-state index contributed by atoms with van der Waals surface area (Å²) in [5.74, 6) is -0.204.